The van der Waals surface area contributed by atoms with Gasteiger partial charge in [0, 0.05) is 0 Å². The summed E-state index contributed by atoms with van der Waals surface area (Å²) in [5.74, 6) is 0. The standard InChI is InChI=1S/C12H8N2.Na.H/c1-2-6-10-9(5-1)13-11-7-3-4-8-12(11)14-10;;/h1-8H;;/q;+1;-1. The van der Waals surface area contributed by atoms with Crippen LogP contribution in [-0.2, 0) is 0 Å². The predicted molar refractivity (Wildman–Crippen MR) is 58.2 cm³/mol. The Morgan fingerprint density at radius 1 is 0.600 bits per heavy atom. The summed E-state index contributed by atoms with van der Waals surface area (Å²) in [6.07, 6.45) is 0. The van der Waals surface area contributed by atoms with Crippen molar-refractivity contribution >= 4 is 22.1 Å². The van der Waals surface area contributed by atoms with Crippen LogP contribution in [-0.4, -0.2) is 9.97 Å². The summed E-state index contributed by atoms with van der Waals surface area (Å²) in [5.41, 5.74) is 3.80. The maximum Gasteiger partial charge on any atom is 1.00 e. The first kappa shape index (κ1) is 10.6. The fraction of sp³-hybridized carbons (Fsp3) is 0. The van der Waals surface area contributed by atoms with Crippen LogP contribution in [0.2, 0.25) is 0 Å². The van der Waals surface area contributed by atoms with Crippen molar-refractivity contribution in [2.24, 2.45) is 0 Å². The van der Waals surface area contributed by atoms with Crippen LogP contribution in [0.4, 0.5) is 0 Å². The quantitative estimate of drug-likeness (QED) is 0.377. The number of rotatable bonds is 0. The van der Waals surface area contributed by atoms with Gasteiger partial charge >= 0.3 is 29.6 Å². The van der Waals surface area contributed by atoms with Crippen molar-refractivity contribution in [2.45, 2.75) is 0 Å². The zero-order chi connectivity index (χ0) is 9.38. The zero-order valence-electron chi connectivity index (χ0n) is 9.51. The molecule has 0 N–H and O–H groups in total. The van der Waals surface area contributed by atoms with E-state index < -0.39 is 0 Å². The second kappa shape index (κ2) is 4.27. The minimum Gasteiger partial charge on any atom is -1.00 e. The monoisotopic (exact) mass is 204 g/mol. The summed E-state index contributed by atoms with van der Waals surface area (Å²) >= 11 is 0. The molecule has 0 amide bonds. The molecular formula is C12H9N2Na. The van der Waals surface area contributed by atoms with Crippen molar-refractivity contribution in [3.8, 4) is 0 Å². The summed E-state index contributed by atoms with van der Waals surface area (Å²) in [4.78, 5) is 9.03. The molecule has 3 aromatic rings. The Labute approximate surface area is 111 Å². The van der Waals surface area contributed by atoms with E-state index in [0.29, 0.717) is 0 Å². The number of hydrogen-bond acceptors (Lipinski definition) is 2. The Hall–Kier alpha value is -0.960. The van der Waals surface area contributed by atoms with Crippen LogP contribution in [0.25, 0.3) is 22.1 Å². The number of aromatic nitrogens is 2. The average Bonchev–Trinajstić information content (AvgIpc) is 2.26. The Morgan fingerprint density at radius 3 is 1.13 bits per heavy atom. The first-order valence-electron chi connectivity index (χ1n) is 4.55. The van der Waals surface area contributed by atoms with Gasteiger partial charge in [-0.1, -0.05) is 24.3 Å². The van der Waals surface area contributed by atoms with Gasteiger partial charge in [-0.05, 0) is 24.3 Å². The van der Waals surface area contributed by atoms with E-state index >= 15 is 0 Å². The molecule has 0 unspecified atom stereocenters. The van der Waals surface area contributed by atoms with Crippen molar-refractivity contribution in [3.63, 3.8) is 0 Å². The number of para-hydroxylation sites is 4. The molecule has 0 saturated heterocycles. The third-order valence-electron chi connectivity index (χ3n) is 2.25. The van der Waals surface area contributed by atoms with Crippen molar-refractivity contribution in [1.82, 2.24) is 9.97 Å². The third kappa shape index (κ3) is 1.88. The minimum absolute atomic E-state index is 0. The van der Waals surface area contributed by atoms with Gasteiger partial charge in [0.1, 0.15) is 0 Å². The Morgan fingerprint density at radius 2 is 0.867 bits per heavy atom. The number of hydrogen-bond donors (Lipinski definition) is 0. The van der Waals surface area contributed by atoms with E-state index in [1.165, 1.54) is 0 Å². The normalized spacial score (nSPS) is 10.1. The molecule has 2 nitrogen and oxygen atoms in total. The largest absolute Gasteiger partial charge is 1.00 e. The molecule has 0 fully saturated rings. The molecule has 0 aliphatic rings. The molecule has 68 valence electrons. The fourth-order valence-electron chi connectivity index (χ4n) is 1.57. The summed E-state index contributed by atoms with van der Waals surface area (Å²) < 4.78 is 0. The van der Waals surface area contributed by atoms with E-state index in [9.17, 15) is 0 Å². The van der Waals surface area contributed by atoms with Crippen LogP contribution in [0.3, 0.4) is 0 Å². The summed E-state index contributed by atoms with van der Waals surface area (Å²) in [6, 6.07) is 15.8. The van der Waals surface area contributed by atoms with E-state index in [2.05, 4.69) is 9.97 Å². The van der Waals surface area contributed by atoms with Gasteiger partial charge in [0.15, 0.2) is 0 Å². The molecule has 2 aromatic carbocycles. The molecule has 0 saturated carbocycles. The minimum atomic E-state index is 0. The van der Waals surface area contributed by atoms with Crippen LogP contribution in [0, 0.1) is 0 Å². The number of nitrogens with zero attached hydrogens (tertiary/aromatic N) is 2. The van der Waals surface area contributed by atoms with Gasteiger partial charge in [-0.2, -0.15) is 0 Å². The molecule has 1 aromatic heterocycles. The number of benzene rings is 2. The first-order chi connectivity index (χ1) is 6.93. The van der Waals surface area contributed by atoms with Crippen LogP contribution in [0.5, 0.6) is 0 Å². The second-order valence-corrected chi connectivity index (χ2v) is 3.20. The zero-order valence-corrected chi connectivity index (χ0v) is 10.5. The first-order valence-corrected chi connectivity index (χ1v) is 4.55. The smallest absolute Gasteiger partial charge is 1.00 e. The van der Waals surface area contributed by atoms with Gasteiger partial charge in [0.25, 0.3) is 0 Å². The summed E-state index contributed by atoms with van der Waals surface area (Å²) in [5, 5.41) is 0. The fourth-order valence-corrected chi connectivity index (χ4v) is 1.57. The second-order valence-electron chi connectivity index (χ2n) is 3.20. The average molecular weight is 204 g/mol. The Kier molecular flexibility index (Phi) is 3.00. The molecule has 3 rings (SSSR count). The van der Waals surface area contributed by atoms with E-state index in [0.717, 1.165) is 22.1 Å². The van der Waals surface area contributed by atoms with E-state index in [1.54, 1.807) is 0 Å². The molecule has 0 atom stereocenters. The predicted octanol–water partition coefficient (Wildman–Crippen LogP) is -0.101. The molecule has 0 radical (unpaired) electrons. The molecule has 0 aliphatic heterocycles. The third-order valence-corrected chi connectivity index (χ3v) is 2.25. The van der Waals surface area contributed by atoms with Gasteiger partial charge in [0.2, 0.25) is 0 Å². The number of fused-ring (bicyclic) bond motifs is 2. The van der Waals surface area contributed by atoms with Crippen molar-refractivity contribution in [1.29, 1.82) is 0 Å². The Bertz CT molecular complexity index is 508. The SMILES string of the molecule is [H-].[Na+].c1ccc2nc3ccccc3nc2c1. The van der Waals surface area contributed by atoms with Crippen molar-refractivity contribution in [3.05, 3.63) is 48.5 Å². The Balaban J connectivity index is 0.000000640. The van der Waals surface area contributed by atoms with E-state index in [-0.39, 0.29) is 31.0 Å². The van der Waals surface area contributed by atoms with Gasteiger partial charge in [-0.3, -0.25) is 0 Å². The van der Waals surface area contributed by atoms with Crippen molar-refractivity contribution in [2.75, 3.05) is 0 Å². The van der Waals surface area contributed by atoms with Crippen molar-refractivity contribution < 1.29 is 31.0 Å². The topological polar surface area (TPSA) is 25.8 Å². The van der Waals surface area contributed by atoms with Gasteiger partial charge in [0.05, 0.1) is 22.1 Å². The summed E-state index contributed by atoms with van der Waals surface area (Å²) in [7, 11) is 0. The summed E-state index contributed by atoms with van der Waals surface area (Å²) in [6.45, 7) is 0. The van der Waals surface area contributed by atoms with Crippen LogP contribution in [0.15, 0.2) is 48.5 Å². The van der Waals surface area contributed by atoms with Crippen LogP contribution < -0.4 is 29.6 Å². The van der Waals surface area contributed by atoms with E-state index in [4.69, 9.17) is 0 Å². The molecule has 3 heteroatoms. The molecule has 0 bridgehead atoms. The molecule has 1 heterocycles. The van der Waals surface area contributed by atoms with Crippen LogP contribution in [0.1, 0.15) is 1.43 Å². The van der Waals surface area contributed by atoms with Gasteiger partial charge < -0.3 is 1.43 Å². The molecule has 0 spiro atoms. The van der Waals surface area contributed by atoms with Gasteiger partial charge in [-0.25, -0.2) is 9.97 Å². The van der Waals surface area contributed by atoms with E-state index in [1.807, 2.05) is 48.5 Å². The molecular weight excluding hydrogens is 195 g/mol. The maximum atomic E-state index is 4.52. The maximum absolute atomic E-state index is 4.52. The van der Waals surface area contributed by atoms with Crippen LogP contribution >= 0.6 is 0 Å². The van der Waals surface area contributed by atoms with Gasteiger partial charge in [-0.15, -0.1) is 0 Å². The molecule has 15 heavy (non-hydrogen) atoms. The molecule has 0 aliphatic carbocycles.